The summed E-state index contributed by atoms with van der Waals surface area (Å²) in [6.45, 7) is 0. The molecule has 5 nitrogen and oxygen atoms in total. The Morgan fingerprint density at radius 3 is 2.91 bits per heavy atom. The molecular weight excluding hydrogens is 343 g/mol. The van der Waals surface area contributed by atoms with E-state index >= 15 is 0 Å². The first-order valence-electron chi connectivity index (χ1n) is 6.23. The highest BCUT2D eigenvalue weighted by atomic mass is 35.5. The van der Waals surface area contributed by atoms with E-state index in [0.717, 1.165) is 10.2 Å². The van der Waals surface area contributed by atoms with Crippen LogP contribution in [0.25, 0.3) is 15.9 Å². The van der Waals surface area contributed by atoms with Gasteiger partial charge in [0, 0.05) is 10.6 Å². The molecule has 0 radical (unpaired) electrons. The van der Waals surface area contributed by atoms with E-state index in [2.05, 4.69) is 15.3 Å². The molecule has 0 N–H and O–H groups in total. The maximum atomic E-state index is 12.6. The van der Waals surface area contributed by atoms with Crippen LogP contribution < -0.4 is 0 Å². The number of carbonyl (C=O) groups is 1. The second-order valence-electron chi connectivity index (χ2n) is 4.55. The molecule has 0 aliphatic carbocycles. The highest BCUT2D eigenvalue weighted by Gasteiger charge is 2.21. The second kappa shape index (κ2) is 5.01. The number of hydrogen-bond acceptors (Lipinski definition) is 5. The molecule has 0 amide bonds. The third-order valence-corrected chi connectivity index (χ3v) is 4.74. The Bertz CT molecular complexity index is 1040. The number of benzene rings is 1. The van der Waals surface area contributed by atoms with Gasteiger partial charge in [-0.2, -0.15) is 4.52 Å². The number of hydrogen-bond donors (Lipinski definition) is 0. The van der Waals surface area contributed by atoms with Crippen molar-refractivity contribution >= 4 is 56.2 Å². The molecule has 0 unspecified atom stereocenters. The summed E-state index contributed by atoms with van der Waals surface area (Å²) in [6, 6.07) is 8.53. The summed E-state index contributed by atoms with van der Waals surface area (Å²) in [7, 11) is 0. The van der Waals surface area contributed by atoms with Gasteiger partial charge >= 0.3 is 0 Å². The van der Waals surface area contributed by atoms with Crippen molar-refractivity contribution in [3.05, 3.63) is 57.1 Å². The molecule has 0 spiro atoms. The molecule has 22 heavy (non-hydrogen) atoms. The zero-order valence-corrected chi connectivity index (χ0v) is 13.2. The predicted octanol–water partition coefficient (Wildman–Crippen LogP) is 3.88. The van der Waals surface area contributed by atoms with Crippen LogP contribution in [0.5, 0.6) is 0 Å². The number of thiophene rings is 1. The SMILES string of the molecule is O=C(c1cccc(Cl)c1)c1nnn2c1nc(Cl)c1sccc12. The fraction of sp³-hybridized carbons (Fsp3) is 0. The predicted molar refractivity (Wildman–Crippen MR) is 86.1 cm³/mol. The summed E-state index contributed by atoms with van der Waals surface area (Å²) in [5.41, 5.74) is 1.69. The summed E-state index contributed by atoms with van der Waals surface area (Å²) in [5.74, 6) is -0.296. The zero-order valence-electron chi connectivity index (χ0n) is 10.8. The number of aromatic nitrogens is 4. The first-order chi connectivity index (χ1) is 10.6. The molecule has 0 bridgehead atoms. The molecule has 8 heteroatoms. The van der Waals surface area contributed by atoms with Crippen LogP contribution in [0.4, 0.5) is 0 Å². The lowest BCUT2D eigenvalue weighted by molar-refractivity contribution is 0.103. The molecule has 3 aromatic heterocycles. The lowest BCUT2D eigenvalue weighted by Gasteiger charge is -2.00. The van der Waals surface area contributed by atoms with Crippen LogP contribution in [-0.4, -0.2) is 25.6 Å². The summed E-state index contributed by atoms with van der Waals surface area (Å²) in [6.07, 6.45) is 0. The fourth-order valence-corrected chi connectivity index (χ4v) is 3.47. The molecule has 0 saturated heterocycles. The highest BCUT2D eigenvalue weighted by molar-refractivity contribution is 7.17. The Hall–Kier alpha value is -2.02. The van der Waals surface area contributed by atoms with Gasteiger partial charge in [0.15, 0.2) is 16.5 Å². The average molecular weight is 349 g/mol. The van der Waals surface area contributed by atoms with E-state index in [1.165, 1.54) is 15.9 Å². The molecule has 1 aromatic carbocycles. The Morgan fingerprint density at radius 1 is 1.23 bits per heavy atom. The Kier molecular flexibility index (Phi) is 3.11. The van der Waals surface area contributed by atoms with Gasteiger partial charge in [-0.3, -0.25) is 4.79 Å². The largest absolute Gasteiger partial charge is 0.287 e. The average Bonchev–Trinajstić information content (AvgIpc) is 3.13. The lowest BCUT2D eigenvalue weighted by Crippen LogP contribution is -2.03. The van der Waals surface area contributed by atoms with Crippen LogP contribution in [0.1, 0.15) is 16.1 Å². The van der Waals surface area contributed by atoms with Crippen LogP contribution in [0.15, 0.2) is 35.7 Å². The van der Waals surface area contributed by atoms with Crippen LogP contribution in [0, 0.1) is 0 Å². The maximum absolute atomic E-state index is 12.6. The summed E-state index contributed by atoms with van der Waals surface area (Å²) in [4.78, 5) is 16.9. The number of nitrogens with zero attached hydrogens (tertiary/aromatic N) is 4. The van der Waals surface area contributed by atoms with Crippen molar-refractivity contribution < 1.29 is 4.79 Å². The van der Waals surface area contributed by atoms with Crippen molar-refractivity contribution in [3.8, 4) is 0 Å². The van der Waals surface area contributed by atoms with Gasteiger partial charge in [-0.15, -0.1) is 16.4 Å². The van der Waals surface area contributed by atoms with E-state index < -0.39 is 0 Å². The van der Waals surface area contributed by atoms with Crippen molar-refractivity contribution in [1.29, 1.82) is 0 Å². The molecular formula is C14H6Cl2N4OS. The van der Waals surface area contributed by atoms with E-state index in [4.69, 9.17) is 23.2 Å². The van der Waals surface area contributed by atoms with Crippen molar-refractivity contribution in [1.82, 2.24) is 19.8 Å². The van der Waals surface area contributed by atoms with Gasteiger partial charge < -0.3 is 0 Å². The van der Waals surface area contributed by atoms with Gasteiger partial charge in [0.05, 0.1) is 10.2 Å². The number of halogens is 2. The minimum atomic E-state index is -0.296. The Morgan fingerprint density at radius 2 is 2.09 bits per heavy atom. The molecule has 4 rings (SSSR count). The Labute approximate surface area is 138 Å². The van der Waals surface area contributed by atoms with E-state index in [-0.39, 0.29) is 11.5 Å². The summed E-state index contributed by atoms with van der Waals surface area (Å²) < 4.78 is 2.33. The van der Waals surface area contributed by atoms with E-state index in [0.29, 0.717) is 21.4 Å². The first-order valence-corrected chi connectivity index (χ1v) is 7.87. The number of rotatable bonds is 2. The standard InChI is InChI=1S/C14H6Cl2N4OS/c15-8-3-1-2-7(6-8)11(21)10-14-17-13(16)12-9(4-5-22-12)20(14)19-18-10/h1-6H. The molecule has 0 saturated carbocycles. The molecule has 0 fully saturated rings. The molecule has 0 aliphatic rings. The highest BCUT2D eigenvalue weighted by Crippen LogP contribution is 2.28. The van der Waals surface area contributed by atoms with Gasteiger partial charge in [-0.05, 0) is 23.6 Å². The number of carbonyl (C=O) groups excluding carboxylic acids is 1. The van der Waals surface area contributed by atoms with Gasteiger partial charge in [0.1, 0.15) is 0 Å². The van der Waals surface area contributed by atoms with Crippen molar-refractivity contribution in [2.24, 2.45) is 0 Å². The third kappa shape index (κ3) is 1.99. The molecule has 0 aliphatic heterocycles. The molecule has 108 valence electrons. The van der Waals surface area contributed by atoms with Gasteiger partial charge in [-0.1, -0.05) is 40.5 Å². The maximum Gasteiger partial charge on any atom is 0.217 e. The van der Waals surface area contributed by atoms with Crippen molar-refractivity contribution in [3.63, 3.8) is 0 Å². The molecule has 3 heterocycles. The monoisotopic (exact) mass is 348 g/mol. The Balaban J connectivity index is 1.96. The summed E-state index contributed by atoms with van der Waals surface area (Å²) >= 11 is 13.6. The minimum Gasteiger partial charge on any atom is -0.287 e. The molecule has 0 atom stereocenters. The van der Waals surface area contributed by atoms with Gasteiger partial charge in [0.2, 0.25) is 5.78 Å². The topological polar surface area (TPSA) is 60.2 Å². The van der Waals surface area contributed by atoms with Crippen molar-refractivity contribution in [2.45, 2.75) is 0 Å². The van der Waals surface area contributed by atoms with E-state index in [1.54, 1.807) is 24.3 Å². The van der Waals surface area contributed by atoms with Crippen LogP contribution in [-0.2, 0) is 0 Å². The van der Waals surface area contributed by atoms with Crippen LogP contribution in [0.2, 0.25) is 10.2 Å². The normalized spacial score (nSPS) is 11.4. The van der Waals surface area contributed by atoms with E-state index in [9.17, 15) is 4.79 Å². The van der Waals surface area contributed by atoms with Crippen LogP contribution >= 0.6 is 34.5 Å². The van der Waals surface area contributed by atoms with Gasteiger partial charge in [-0.25, -0.2) is 4.98 Å². The third-order valence-electron chi connectivity index (χ3n) is 3.21. The quantitative estimate of drug-likeness (QED) is 0.407. The molecule has 4 aromatic rings. The van der Waals surface area contributed by atoms with Crippen LogP contribution in [0.3, 0.4) is 0 Å². The number of ketones is 1. The summed E-state index contributed by atoms with van der Waals surface area (Å²) in [5, 5.41) is 10.7. The minimum absolute atomic E-state index is 0.150. The second-order valence-corrected chi connectivity index (χ2v) is 6.26. The van der Waals surface area contributed by atoms with E-state index in [1.807, 2.05) is 11.4 Å². The van der Waals surface area contributed by atoms with Crippen molar-refractivity contribution in [2.75, 3.05) is 0 Å². The smallest absolute Gasteiger partial charge is 0.217 e. The first kappa shape index (κ1) is 13.6. The van der Waals surface area contributed by atoms with Gasteiger partial charge in [0.25, 0.3) is 0 Å². The number of fused-ring (bicyclic) bond motifs is 3. The zero-order chi connectivity index (χ0) is 15.3. The fourth-order valence-electron chi connectivity index (χ4n) is 2.22. The lowest BCUT2D eigenvalue weighted by atomic mass is 10.1.